The molecule has 324 valence electrons. The van der Waals surface area contributed by atoms with Crippen LogP contribution in [0.2, 0.25) is 0 Å². The third-order valence-electron chi connectivity index (χ3n) is 14.8. The summed E-state index contributed by atoms with van der Waals surface area (Å²) in [6, 6.07) is 70.5. The molecule has 10 aromatic carbocycles. The number of fused-ring (bicyclic) bond motifs is 19. The molecule has 0 aliphatic heterocycles. The molecule has 0 amide bonds. The maximum absolute atomic E-state index is 6.51. The van der Waals surface area contributed by atoms with Gasteiger partial charge in [-0.2, -0.15) is 0 Å². The highest BCUT2D eigenvalue weighted by Crippen LogP contribution is 2.44. The van der Waals surface area contributed by atoms with E-state index in [9.17, 15) is 0 Å². The number of nitrogens with zero attached hydrogens (tertiary/aromatic N) is 5. The van der Waals surface area contributed by atoms with E-state index in [1.54, 1.807) is 0 Å². The first-order valence-electron chi connectivity index (χ1n) is 23.5. The van der Waals surface area contributed by atoms with Gasteiger partial charge in [-0.1, -0.05) is 109 Å². The van der Waals surface area contributed by atoms with Crippen LogP contribution in [0.1, 0.15) is 0 Å². The van der Waals surface area contributed by atoms with Crippen LogP contribution >= 0.6 is 0 Å². The Labute approximate surface area is 395 Å². The second-order valence-corrected chi connectivity index (χ2v) is 18.5. The summed E-state index contributed by atoms with van der Waals surface area (Å²) in [6.07, 6.45) is 0. The zero-order valence-electron chi connectivity index (χ0n) is 37.0. The topological polar surface area (TPSA) is 80.0 Å². The third-order valence-corrected chi connectivity index (χ3v) is 14.8. The van der Waals surface area contributed by atoms with Crippen molar-refractivity contribution in [3.05, 3.63) is 200 Å². The van der Waals surface area contributed by atoms with Crippen molar-refractivity contribution in [2.45, 2.75) is 0 Å². The van der Waals surface area contributed by atoms with Crippen molar-refractivity contribution in [3.8, 4) is 17.3 Å². The molecule has 0 aliphatic rings. The van der Waals surface area contributed by atoms with Gasteiger partial charge >= 0.3 is 0 Å². The van der Waals surface area contributed by atoms with Crippen LogP contribution in [0.15, 0.2) is 213 Å². The van der Waals surface area contributed by atoms with Crippen LogP contribution in [0.4, 0.5) is 0 Å². The van der Waals surface area contributed by atoms with Gasteiger partial charge < -0.3 is 17.8 Å². The standard InChI is InChI=1S/C62H33N5O3/c1-7-19-49-35(13-1)41-31-58-44(38-16-4-10-22-55(38)68-58)28-52(41)65(49)34-25-26-47-48(27-34)64-62(67-51-21-9-3-15-37(51)43-33-60-46(30-54(43)67)40-18-6-12-24-57(40)70-60)61(63-47)66-50-20-8-2-14-36(50)42-32-59-45(29-53(42)66)39-17-5-11-23-56(39)69-59/h1-33H. The Hall–Kier alpha value is -9.66. The molecule has 0 aliphatic carbocycles. The first-order chi connectivity index (χ1) is 34.7. The van der Waals surface area contributed by atoms with E-state index in [0.29, 0.717) is 11.6 Å². The summed E-state index contributed by atoms with van der Waals surface area (Å²) in [4.78, 5) is 11.6. The van der Waals surface area contributed by atoms with Gasteiger partial charge in [-0.25, -0.2) is 9.97 Å². The Balaban J connectivity index is 1.01. The van der Waals surface area contributed by atoms with Crippen molar-refractivity contribution in [3.63, 3.8) is 0 Å². The van der Waals surface area contributed by atoms with E-state index in [2.05, 4.69) is 177 Å². The highest BCUT2D eigenvalue weighted by Gasteiger charge is 2.26. The van der Waals surface area contributed by atoms with E-state index in [0.717, 1.165) is 148 Å². The van der Waals surface area contributed by atoms with Crippen molar-refractivity contribution in [1.82, 2.24) is 23.7 Å². The maximum atomic E-state index is 6.51. The normalized spacial score (nSPS) is 12.6. The lowest BCUT2D eigenvalue weighted by molar-refractivity contribution is 0.669. The highest BCUT2D eigenvalue weighted by atomic mass is 16.3. The van der Waals surface area contributed by atoms with Gasteiger partial charge in [0.1, 0.15) is 33.5 Å². The van der Waals surface area contributed by atoms with Gasteiger partial charge in [0.25, 0.3) is 0 Å². The Kier molecular flexibility index (Phi) is 6.80. The summed E-state index contributed by atoms with van der Waals surface area (Å²) in [5, 5.41) is 13.0. The summed E-state index contributed by atoms with van der Waals surface area (Å²) in [6.45, 7) is 0. The minimum absolute atomic E-state index is 0.705. The first-order valence-corrected chi connectivity index (χ1v) is 23.5. The average molecular weight is 896 g/mol. The maximum Gasteiger partial charge on any atom is 0.182 e. The van der Waals surface area contributed by atoms with Gasteiger partial charge in [0.05, 0.1) is 44.1 Å². The Morgan fingerprint density at radius 2 is 0.600 bits per heavy atom. The Morgan fingerprint density at radius 3 is 1.04 bits per heavy atom. The molecule has 0 fully saturated rings. The van der Waals surface area contributed by atoms with Crippen molar-refractivity contribution in [1.29, 1.82) is 0 Å². The smallest absolute Gasteiger partial charge is 0.182 e. The molecule has 0 spiro atoms. The molecule has 0 unspecified atom stereocenters. The van der Waals surface area contributed by atoms with Gasteiger partial charge in [-0.05, 0) is 91.0 Å². The fraction of sp³-hybridized carbons (Fsp3) is 0. The fourth-order valence-corrected chi connectivity index (χ4v) is 11.8. The van der Waals surface area contributed by atoms with Gasteiger partial charge in [0.2, 0.25) is 0 Å². The summed E-state index contributed by atoms with van der Waals surface area (Å²) >= 11 is 0. The van der Waals surface area contributed by atoms with E-state index in [1.165, 1.54) is 0 Å². The van der Waals surface area contributed by atoms with Crippen LogP contribution in [0.5, 0.6) is 0 Å². The van der Waals surface area contributed by atoms with E-state index < -0.39 is 0 Å². The van der Waals surface area contributed by atoms with Crippen LogP contribution < -0.4 is 0 Å². The lowest BCUT2D eigenvalue weighted by Gasteiger charge is -2.17. The quantitative estimate of drug-likeness (QED) is 0.176. The molecule has 0 atom stereocenters. The Bertz CT molecular complexity index is 5150. The van der Waals surface area contributed by atoms with Gasteiger partial charge in [0, 0.05) is 70.3 Å². The third kappa shape index (κ3) is 4.73. The van der Waals surface area contributed by atoms with Crippen LogP contribution in [0.3, 0.4) is 0 Å². The fourth-order valence-electron chi connectivity index (χ4n) is 11.8. The molecule has 8 nitrogen and oxygen atoms in total. The minimum Gasteiger partial charge on any atom is -0.456 e. The van der Waals surface area contributed by atoms with E-state index in [-0.39, 0.29) is 0 Å². The van der Waals surface area contributed by atoms with Crippen molar-refractivity contribution < 1.29 is 13.3 Å². The Morgan fingerprint density at radius 1 is 0.243 bits per heavy atom. The molecule has 17 rings (SSSR count). The number of rotatable bonds is 3. The number of hydrogen-bond acceptors (Lipinski definition) is 5. The van der Waals surface area contributed by atoms with E-state index in [4.69, 9.17) is 23.2 Å². The van der Waals surface area contributed by atoms with Crippen molar-refractivity contribution in [2.24, 2.45) is 0 Å². The summed E-state index contributed by atoms with van der Waals surface area (Å²) < 4.78 is 26.4. The zero-order valence-corrected chi connectivity index (χ0v) is 37.0. The van der Waals surface area contributed by atoms with Crippen molar-refractivity contribution in [2.75, 3.05) is 0 Å². The first kappa shape index (κ1) is 36.5. The largest absolute Gasteiger partial charge is 0.456 e. The monoisotopic (exact) mass is 895 g/mol. The molecule has 7 aromatic heterocycles. The van der Waals surface area contributed by atoms with Gasteiger partial charge in [-0.15, -0.1) is 0 Å². The second-order valence-electron chi connectivity index (χ2n) is 18.5. The number of para-hydroxylation sites is 6. The molecule has 70 heavy (non-hydrogen) atoms. The molecular formula is C62H33N5O3. The van der Waals surface area contributed by atoms with E-state index in [1.807, 2.05) is 36.4 Å². The molecule has 0 radical (unpaired) electrons. The van der Waals surface area contributed by atoms with E-state index >= 15 is 0 Å². The molecule has 0 bridgehead atoms. The van der Waals surface area contributed by atoms with Crippen LogP contribution in [-0.2, 0) is 0 Å². The predicted octanol–water partition coefficient (Wildman–Crippen LogP) is 16.6. The summed E-state index contributed by atoms with van der Waals surface area (Å²) in [5.74, 6) is 1.42. The predicted molar refractivity (Wildman–Crippen MR) is 284 cm³/mol. The SMILES string of the molecule is c1ccc2c(c1)oc1cc3c4ccccc4n(-c4ccc5nc(-n6c7ccccc7c7cc8oc9ccccc9c8cc76)c(-n6c7ccccc7c7cc8oc9ccccc9c8cc76)nc5c4)c3cc12. The summed E-state index contributed by atoms with van der Waals surface area (Å²) in [7, 11) is 0. The second kappa shape index (κ2) is 13.1. The molecule has 7 heterocycles. The van der Waals surface area contributed by atoms with Crippen LogP contribution in [-0.4, -0.2) is 23.7 Å². The number of hydrogen-bond donors (Lipinski definition) is 0. The van der Waals surface area contributed by atoms with Gasteiger partial charge in [0.15, 0.2) is 11.6 Å². The zero-order chi connectivity index (χ0) is 45.3. The molecular weight excluding hydrogens is 863 g/mol. The average Bonchev–Trinajstić information content (AvgIpc) is 4.25. The number of aromatic nitrogens is 5. The molecule has 17 aromatic rings. The molecule has 0 saturated carbocycles. The highest BCUT2D eigenvalue weighted by molar-refractivity contribution is 6.20. The number of furan rings is 3. The number of benzene rings is 10. The summed E-state index contributed by atoms with van der Waals surface area (Å²) in [5.41, 5.74) is 13.9. The lowest BCUT2D eigenvalue weighted by Crippen LogP contribution is -2.09. The molecule has 0 saturated heterocycles. The van der Waals surface area contributed by atoms with Crippen molar-refractivity contribution >= 4 is 142 Å². The molecule has 8 heteroatoms. The lowest BCUT2D eigenvalue weighted by atomic mass is 10.1. The van der Waals surface area contributed by atoms with Crippen LogP contribution in [0.25, 0.3) is 160 Å². The molecule has 0 N–H and O–H groups in total. The van der Waals surface area contributed by atoms with Crippen LogP contribution in [0, 0.1) is 0 Å². The minimum atomic E-state index is 0.705. The van der Waals surface area contributed by atoms with Gasteiger partial charge in [-0.3, -0.25) is 9.13 Å².